The Kier molecular flexibility index (Phi) is 9.16. The van der Waals surface area contributed by atoms with E-state index < -0.39 is 5.60 Å². The third-order valence-corrected chi connectivity index (χ3v) is 7.05. The van der Waals surface area contributed by atoms with Crippen LogP contribution in [0.1, 0.15) is 34.6 Å². The largest absolute Gasteiger partial charge is 0.476 e. The lowest BCUT2D eigenvalue weighted by Gasteiger charge is -2.35. The van der Waals surface area contributed by atoms with Crippen molar-refractivity contribution in [3.63, 3.8) is 0 Å². The van der Waals surface area contributed by atoms with E-state index in [0.29, 0.717) is 25.6 Å². The summed E-state index contributed by atoms with van der Waals surface area (Å²) in [6.07, 6.45) is 9.01. The highest BCUT2D eigenvalue weighted by Crippen LogP contribution is 2.30. The summed E-state index contributed by atoms with van der Waals surface area (Å²) < 4.78 is 13.2. The Morgan fingerprint density at radius 2 is 1.63 bits per heavy atom. The quantitative estimate of drug-likeness (QED) is 0.242. The molecule has 0 saturated carbocycles. The van der Waals surface area contributed by atoms with Crippen molar-refractivity contribution in [2.75, 3.05) is 39.3 Å². The number of amides is 1. The minimum Gasteiger partial charge on any atom is -0.476 e. The van der Waals surface area contributed by atoms with Crippen LogP contribution in [0.4, 0.5) is 4.79 Å². The highest BCUT2D eigenvalue weighted by molar-refractivity contribution is 5.97. The molecule has 1 amide bonds. The summed E-state index contributed by atoms with van der Waals surface area (Å²) in [6.45, 7) is 13.8. The number of aromatic nitrogens is 5. The number of pyridine rings is 2. The van der Waals surface area contributed by atoms with Gasteiger partial charge < -0.3 is 14.4 Å². The van der Waals surface area contributed by atoms with Gasteiger partial charge in [-0.15, -0.1) is 0 Å². The van der Waals surface area contributed by atoms with Gasteiger partial charge in [-0.05, 0) is 44.5 Å². The normalized spacial score (nSPS) is 13.9. The molecule has 5 heterocycles. The van der Waals surface area contributed by atoms with Crippen LogP contribution in [0.2, 0.25) is 0 Å². The van der Waals surface area contributed by atoms with Gasteiger partial charge in [0.15, 0.2) is 5.65 Å². The number of para-hydroxylation sites is 1. The molecule has 1 aromatic carbocycles. The monoisotopic (exact) mass is 581 g/mol. The zero-order valence-corrected chi connectivity index (χ0v) is 25.5. The van der Waals surface area contributed by atoms with Gasteiger partial charge in [0.1, 0.15) is 12.2 Å². The molecule has 0 N–H and O–H groups in total. The highest BCUT2D eigenvalue weighted by atomic mass is 16.6. The zero-order valence-electron chi connectivity index (χ0n) is 25.5. The molecule has 5 aromatic rings. The van der Waals surface area contributed by atoms with Crippen molar-refractivity contribution < 1.29 is 14.3 Å². The minimum absolute atomic E-state index is 0.248. The molecule has 1 aliphatic rings. The molecule has 0 aliphatic carbocycles. The number of rotatable bonds is 6. The van der Waals surface area contributed by atoms with Crippen LogP contribution in [-0.2, 0) is 4.74 Å². The number of ether oxygens (including phenoxy) is 2. The van der Waals surface area contributed by atoms with Gasteiger partial charge in [0.2, 0.25) is 5.88 Å². The van der Waals surface area contributed by atoms with E-state index in [2.05, 4.69) is 26.0 Å². The predicted molar refractivity (Wildman–Crippen MR) is 168 cm³/mol. The molecule has 0 bridgehead atoms. The van der Waals surface area contributed by atoms with E-state index in [1.54, 1.807) is 15.6 Å². The fourth-order valence-corrected chi connectivity index (χ4v) is 4.94. The number of carbonyl (C=O) groups is 1. The second-order valence-corrected chi connectivity index (χ2v) is 11.1. The fourth-order valence-electron chi connectivity index (χ4n) is 4.94. The molecule has 1 saturated heterocycles. The molecule has 0 spiro atoms. The summed E-state index contributed by atoms with van der Waals surface area (Å²) in [5.74, 6) is 0.570. The van der Waals surface area contributed by atoms with E-state index in [4.69, 9.17) is 14.5 Å². The predicted octanol–water partition coefficient (Wildman–Crippen LogP) is 5.96. The van der Waals surface area contributed by atoms with E-state index >= 15 is 0 Å². The molecule has 10 nitrogen and oxygen atoms in total. The molecule has 0 atom stereocenters. The number of piperazine rings is 1. The van der Waals surface area contributed by atoms with Crippen molar-refractivity contribution >= 4 is 22.6 Å². The van der Waals surface area contributed by atoms with E-state index in [0.717, 1.165) is 58.4 Å². The molecular formula is C33H39N7O3. The van der Waals surface area contributed by atoms with Crippen LogP contribution in [0, 0.1) is 0 Å². The number of hydrogen-bond donors (Lipinski definition) is 0. The third-order valence-electron chi connectivity index (χ3n) is 7.05. The first kappa shape index (κ1) is 29.9. The number of nitrogens with zero attached hydrogens (tertiary/aromatic N) is 7. The maximum absolute atomic E-state index is 12.3. The van der Waals surface area contributed by atoms with E-state index in [1.165, 1.54) is 0 Å². The van der Waals surface area contributed by atoms with E-state index in [-0.39, 0.29) is 6.09 Å². The number of carbonyl (C=O) groups excluding carboxylic acids is 1. The van der Waals surface area contributed by atoms with Crippen LogP contribution >= 0.6 is 0 Å². The Balaban J connectivity index is 0.00000180. The van der Waals surface area contributed by atoms with Gasteiger partial charge in [-0.25, -0.2) is 19.3 Å². The van der Waals surface area contributed by atoms with Gasteiger partial charge in [-0.1, -0.05) is 32.0 Å². The van der Waals surface area contributed by atoms with Crippen molar-refractivity contribution in [1.82, 2.24) is 34.4 Å². The van der Waals surface area contributed by atoms with E-state index in [9.17, 15) is 4.79 Å². The summed E-state index contributed by atoms with van der Waals surface area (Å²) in [5, 5.41) is 5.64. The fraction of sp³-hybridized carbons (Fsp3) is 0.364. The smallest absolute Gasteiger partial charge is 0.410 e. The molecule has 43 heavy (non-hydrogen) atoms. The summed E-state index contributed by atoms with van der Waals surface area (Å²) in [4.78, 5) is 30.0. The Bertz CT molecular complexity index is 1660. The molecule has 1 aliphatic heterocycles. The lowest BCUT2D eigenvalue weighted by atomic mass is 10.0. The number of hydrogen-bond acceptors (Lipinski definition) is 8. The van der Waals surface area contributed by atoms with Crippen molar-refractivity contribution in [2.45, 2.75) is 40.2 Å². The van der Waals surface area contributed by atoms with Gasteiger partial charge in [-0.2, -0.15) is 5.10 Å². The maximum atomic E-state index is 12.3. The second-order valence-electron chi connectivity index (χ2n) is 11.1. The van der Waals surface area contributed by atoms with Crippen LogP contribution < -0.4 is 4.74 Å². The summed E-state index contributed by atoms with van der Waals surface area (Å²) >= 11 is 0. The molecule has 0 radical (unpaired) electrons. The van der Waals surface area contributed by atoms with Crippen LogP contribution in [0.5, 0.6) is 5.88 Å². The number of benzene rings is 1. The molecule has 1 fully saturated rings. The Morgan fingerprint density at radius 1 is 0.860 bits per heavy atom. The van der Waals surface area contributed by atoms with Crippen LogP contribution in [0.3, 0.4) is 0 Å². The van der Waals surface area contributed by atoms with Gasteiger partial charge in [0.25, 0.3) is 0 Å². The van der Waals surface area contributed by atoms with Crippen molar-refractivity contribution in [3.05, 3.63) is 73.4 Å². The standard InChI is InChI=1S/C31H33N7O3.C2H6/c1-31(2,3)41-30(39)37-14-12-36(13-15-37)16-17-40-28-9-8-22(18-33-28)23-19-34-29-26(20-35-38(29)21-23)24-10-11-32-27-7-5-4-6-25(24)27;1-2/h4-11,18-21H,12-17H2,1-3H3;1-2H3. The minimum atomic E-state index is -0.479. The van der Waals surface area contributed by atoms with Gasteiger partial charge in [0, 0.05) is 85.7 Å². The Labute approximate surface area is 252 Å². The molecule has 10 heteroatoms. The molecule has 6 rings (SSSR count). The molecule has 4 aromatic heterocycles. The van der Waals surface area contributed by atoms with Crippen LogP contribution in [0.15, 0.2) is 73.4 Å². The molecule has 0 unspecified atom stereocenters. The molecule has 224 valence electrons. The second kappa shape index (κ2) is 13.2. The third kappa shape index (κ3) is 7.09. The average Bonchev–Trinajstić information content (AvgIpc) is 3.45. The lowest BCUT2D eigenvalue weighted by Crippen LogP contribution is -2.50. The van der Waals surface area contributed by atoms with Crippen molar-refractivity contribution in [2.24, 2.45) is 0 Å². The Hall–Kier alpha value is -4.57. The SMILES string of the molecule is CC.CC(C)(C)OC(=O)N1CCN(CCOc2ccc(-c3cnc4c(-c5ccnc6ccccc56)cnn4c3)cn2)CC1. The topological polar surface area (TPSA) is 98.0 Å². The summed E-state index contributed by atoms with van der Waals surface area (Å²) in [5.41, 5.74) is 5.10. The summed E-state index contributed by atoms with van der Waals surface area (Å²) in [7, 11) is 0. The van der Waals surface area contributed by atoms with Gasteiger partial charge in [0.05, 0.1) is 11.7 Å². The van der Waals surface area contributed by atoms with Crippen molar-refractivity contribution in [3.8, 4) is 28.1 Å². The molecular weight excluding hydrogens is 542 g/mol. The van der Waals surface area contributed by atoms with Crippen LogP contribution in [-0.4, -0.2) is 85.4 Å². The van der Waals surface area contributed by atoms with Gasteiger partial charge >= 0.3 is 6.09 Å². The highest BCUT2D eigenvalue weighted by Gasteiger charge is 2.25. The first-order valence-corrected chi connectivity index (χ1v) is 14.8. The maximum Gasteiger partial charge on any atom is 0.410 e. The van der Waals surface area contributed by atoms with Crippen LogP contribution in [0.25, 0.3) is 38.8 Å². The summed E-state index contributed by atoms with van der Waals surface area (Å²) in [6, 6.07) is 13.9. The van der Waals surface area contributed by atoms with Crippen molar-refractivity contribution in [1.29, 1.82) is 0 Å². The lowest BCUT2D eigenvalue weighted by molar-refractivity contribution is 0.0136. The first-order chi connectivity index (χ1) is 20.8. The number of fused-ring (bicyclic) bond motifs is 2. The zero-order chi connectivity index (χ0) is 30.4. The first-order valence-electron chi connectivity index (χ1n) is 14.8. The van der Waals surface area contributed by atoms with Gasteiger partial charge in [-0.3, -0.25) is 9.88 Å². The van der Waals surface area contributed by atoms with E-state index in [1.807, 2.05) is 95.8 Å². The average molecular weight is 582 g/mol. The Morgan fingerprint density at radius 3 is 2.37 bits per heavy atom.